The monoisotopic (exact) mass is 302 g/mol. The van der Waals surface area contributed by atoms with Crippen molar-refractivity contribution in [3.8, 4) is 0 Å². The Kier molecular flexibility index (Phi) is 7.19. The van der Waals surface area contributed by atoms with E-state index in [4.69, 9.17) is 5.11 Å². The molecule has 1 fully saturated rings. The number of nitrogens with one attached hydrogen (secondary N) is 1. The first-order valence-corrected chi connectivity index (χ1v) is 8.62. The largest absolute Gasteiger partial charge is 0.480 e. The highest BCUT2D eigenvalue weighted by atomic mass is 32.2. The Morgan fingerprint density at radius 2 is 1.95 bits per heavy atom. The zero-order valence-electron chi connectivity index (χ0n) is 12.6. The summed E-state index contributed by atoms with van der Waals surface area (Å²) in [5, 5.41) is 11.8. The molecule has 0 aromatic rings. The highest BCUT2D eigenvalue weighted by Gasteiger charge is 2.27. The number of hydrogen-bond acceptors (Lipinski definition) is 3. The summed E-state index contributed by atoms with van der Waals surface area (Å²) in [6.07, 6.45) is 4.41. The van der Waals surface area contributed by atoms with E-state index in [-0.39, 0.29) is 6.03 Å². The molecule has 2 amide bonds. The zero-order chi connectivity index (χ0) is 15.1. The van der Waals surface area contributed by atoms with Crippen LogP contribution in [0.2, 0.25) is 0 Å². The number of urea groups is 1. The number of nitrogens with zero attached hydrogens (tertiary/aromatic N) is 1. The Hall–Kier alpha value is -0.910. The second-order valence-corrected chi connectivity index (χ2v) is 6.68. The van der Waals surface area contributed by atoms with Gasteiger partial charge in [0.2, 0.25) is 0 Å². The second-order valence-electron chi connectivity index (χ2n) is 5.69. The molecule has 1 unspecified atom stereocenters. The van der Waals surface area contributed by atoms with Crippen molar-refractivity contribution in [2.75, 3.05) is 25.1 Å². The molecule has 20 heavy (non-hydrogen) atoms. The Morgan fingerprint density at radius 1 is 1.35 bits per heavy atom. The SMILES string of the molecule is CSCCC(NC(=O)N1CCC(C(C)C)CC1)C(=O)O. The average Bonchev–Trinajstić information content (AvgIpc) is 2.42. The lowest BCUT2D eigenvalue weighted by Gasteiger charge is -2.34. The molecule has 0 aliphatic carbocycles. The van der Waals surface area contributed by atoms with Crippen molar-refractivity contribution in [3.05, 3.63) is 0 Å². The summed E-state index contributed by atoms with van der Waals surface area (Å²) in [5.74, 6) is 1.09. The van der Waals surface area contributed by atoms with E-state index in [0.717, 1.165) is 31.7 Å². The lowest BCUT2D eigenvalue weighted by atomic mass is 9.87. The van der Waals surface area contributed by atoms with E-state index in [2.05, 4.69) is 19.2 Å². The molecule has 6 heteroatoms. The van der Waals surface area contributed by atoms with E-state index in [0.29, 0.717) is 18.3 Å². The standard InChI is InChI=1S/C14H26N2O3S/c1-10(2)11-4-7-16(8-5-11)14(19)15-12(13(17)18)6-9-20-3/h10-12H,4-9H2,1-3H3,(H,15,19)(H,17,18). The normalized spacial score (nSPS) is 18.1. The minimum Gasteiger partial charge on any atom is -0.480 e. The molecule has 1 aliphatic heterocycles. The van der Waals surface area contributed by atoms with Crippen LogP contribution >= 0.6 is 11.8 Å². The van der Waals surface area contributed by atoms with Crippen LogP contribution in [0.4, 0.5) is 4.79 Å². The first-order chi connectivity index (χ1) is 9.45. The van der Waals surface area contributed by atoms with Gasteiger partial charge in [0.1, 0.15) is 6.04 Å². The highest BCUT2D eigenvalue weighted by Crippen LogP contribution is 2.24. The molecule has 1 heterocycles. The minimum absolute atomic E-state index is 0.235. The molecule has 1 saturated heterocycles. The van der Waals surface area contributed by atoms with Crippen molar-refractivity contribution in [2.45, 2.75) is 39.2 Å². The quantitative estimate of drug-likeness (QED) is 0.789. The predicted octanol–water partition coefficient (Wildman–Crippen LogP) is 2.27. The van der Waals surface area contributed by atoms with Gasteiger partial charge in [-0.25, -0.2) is 9.59 Å². The number of likely N-dealkylation sites (tertiary alicyclic amines) is 1. The molecule has 0 spiro atoms. The predicted molar refractivity (Wildman–Crippen MR) is 82.1 cm³/mol. The smallest absolute Gasteiger partial charge is 0.326 e. The van der Waals surface area contributed by atoms with Crippen LogP contribution in [0.15, 0.2) is 0 Å². The van der Waals surface area contributed by atoms with Crippen molar-refractivity contribution >= 4 is 23.8 Å². The molecule has 2 N–H and O–H groups in total. The summed E-state index contributed by atoms with van der Waals surface area (Å²) in [6.45, 7) is 5.87. The first-order valence-electron chi connectivity index (χ1n) is 7.22. The van der Waals surface area contributed by atoms with Crippen LogP contribution in [0.5, 0.6) is 0 Å². The van der Waals surface area contributed by atoms with E-state index in [9.17, 15) is 9.59 Å². The molecule has 116 valence electrons. The van der Waals surface area contributed by atoms with Gasteiger partial charge in [-0.3, -0.25) is 0 Å². The third-order valence-electron chi connectivity index (χ3n) is 3.98. The summed E-state index contributed by atoms with van der Waals surface area (Å²) in [4.78, 5) is 25.0. The van der Waals surface area contributed by atoms with Gasteiger partial charge >= 0.3 is 12.0 Å². The summed E-state index contributed by atoms with van der Waals surface area (Å²) >= 11 is 1.59. The fraction of sp³-hybridized carbons (Fsp3) is 0.857. The van der Waals surface area contributed by atoms with Crippen LogP contribution in [0, 0.1) is 11.8 Å². The van der Waals surface area contributed by atoms with E-state index in [1.165, 1.54) is 0 Å². The molecule has 0 radical (unpaired) electrons. The third kappa shape index (κ3) is 5.23. The van der Waals surface area contributed by atoms with Gasteiger partial charge in [-0.15, -0.1) is 0 Å². The zero-order valence-corrected chi connectivity index (χ0v) is 13.4. The van der Waals surface area contributed by atoms with Gasteiger partial charge in [-0.2, -0.15) is 11.8 Å². The summed E-state index contributed by atoms with van der Waals surface area (Å²) in [5.41, 5.74) is 0. The molecule has 0 bridgehead atoms. The van der Waals surface area contributed by atoms with Gasteiger partial charge in [-0.1, -0.05) is 13.8 Å². The van der Waals surface area contributed by atoms with Crippen LogP contribution < -0.4 is 5.32 Å². The Balaban J connectivity index is 2.43. The lowest BCUT2D eigenvalue weighted by Crippen LogP contribution is -2.50. The van der Waals surface area contributed by atoms with Crippen molar-refractivity contribution in [2.24, 2.45) is 11.8 Å². The number of carbonyl (C=O) groups is 2. The van der Waals surface area contributed by atoms with E-state index in [1.54, 1.807) is 16.7 Å². The lowest BCUT2D eigenvalue weighted by molar-refractivity contribution is -0.139. The molecular formula is C14H26N2O3S. The van der Waals surface area contributed by atoms with Gasteiger partial charge in [-0.05, 0) is 43.1 Å². The maximum Gasteiger partial charge on any atom is 0.326 e. The molecule has 0 saturated carbocycles. The molecular weight excluding hydrogens is 276 g/mol. The number of carboxylic acid groups (broad SMARTS) is 1. The Morgan fingerprint density at radius 3 is 2.40 bits per heavy atom. The summed E-state index contributed by atoms with van der Waals surface area (Å²) in [6, 6.07) is -1.02. The number of amides is 2. The molecule has 1 rings (SSSR count). The van der Waals surface area contributed by atoms with Crippen LogP contribution in [0.1, 0.15) is 33.1 Å². The minimum atomic E-state index is -0.954. The number of thioether (sulfide) groups is 1. The molecule has 1 aliphatic rings. The van der Waals surface area contributed by atoms with Gasteiger partial charge < -0.3 is 15.3 Å². The van der Waals surface area contributed by atoms with E-state index in [1.807, 2.05) is 6.26 Å². The Bertz CT molecular complexity index is 328. The van der Waals surface area contributed by atoms with Gasteiger partial charge in [0, 0.05) is 13.1 Å². The maximum atomic E-state index is 12.1. The molecule has 1 atom stereocenters. The first kappa shape index (κ1) is 17.1. The van der Waals surface area contributed by atoms with Crippen LogP contribution in [0.3, 0.4) is 0 Å². The maximum absolute atomic E-state index is 12.1. The Labute approximate surface area is 125 Å². The van der Waals surface area contributed by atoms with E-state index >= 15 is 0 Å². The summed E-state index contributed by atoms with van der Waals surface area (Å²) < 4.78 is 0. The van der Waals surface area contributed by atoms with Crippen molar-refractivity contribution in [1.82, 2.24) is 10.2 Å². The second kappa shape index (κ2) is 8.39. The van der Waals surface area contributed by atoms with Crippen molar-refractivity contribution in [1.29, 1.82) is 0 Å². The van der Waals surface area contributed by atoms with Gasteiger partial charge in [0.05, 0.1) is 0 Å². The number of carbonyl (C=O) groups excluding carboxylic acids is 1. The topological polar surface area (TPSA) is 69.6 Å². The van der Waals surface area contributed by atoms with Crippen LogP contribution in [0.25, 0.3) is 0 Å². The third-order valence-corrected chi connectivity index (χ3v) is 4.62. The van der Waals surface area contributed by atoms with E-state index < -0.39 is 12.0 Å². The average molecular weight is 302 g/mol. The highest BCUT2D eigenvalue weighted by molar-refractivity contribution is 7.98. The van der Waals surface area contributed by atoms with Crippen LogP contribution in [-0.2, 0) is 4.79 Å². The van der Waals surface area contributed by atoms with Gasteiger partial charge in [0.15, 0.2) is 0 Å². The molecule has 0 aromatic carbocycles. The van der Waals surface area contributed by atoms with Crippen LogP contribution in [-0.4, -0.2) is 53.1 Å². The fourth-order valence-electron chi connectivity index (χ4n) is 2.50. The molecule has 5 nitrogen and oxygen atoms in total. The fourth-order valence-corrected chi connectivity index (χ4v) is 2.97. The number of piperidine rings is 1. The number of rotatable bonds is 6. The number of aliphatic carboxylic acids is 1. The summed E-state index contributed by atoms with van der Waals surface area (Å²) in [7, 11) is 0. The molecule has 0 aromatic heterocycles. The van der Waals surface area contributed by atoms with Crippen molar-refractivity contribution in [3.63, 3.8) is 0 Å². The number of hydrogen-bond donors (Lipinski definition) is 2. The van der Waals surface area contributed by atoms with Crippen molar-refractivity contribution < 1.29 is 14.7 Å². The number of carboxylic acids is 1. The van der Waals surface area contributed by atoms with Gasteiger partial charge in [0.25, 0.3) is 0 Å².